The monoisotopic (exact) mass is 391 g/mol. The van der Waals surface area contributed by atoms with Crippen molar-refractivity contribution in [2.24, 2.45) is 0 Å². The molecule has 1 fully saturated rings. The summed E-state index contributed by atoms with van der Waals surface area (Å²) in [4.78, 5) is 26.0. The van der Waals surface area contributed by atoms with E-state index in [1.165, 1.54) is 21.8 Å². The van der Waals surface area contributed by atoms with Crippen molar-refractivity contribution in [3.63, 3.8) is 0 Å². The van der Waals surface area contributed by atoms with Crippen molar-refractivity contribution in [2.45, 2.75) is 51.5 Å². The Morgan fingerprint density at radius 3 is 2.79 bits per heavy atom. The molecule has 0 radical (unpaired) electrons. The summed E-state index contributed by atoms with van der Waals surface area (Å²) in [6.45, 7) is 3.85. The molecule has 3 rings (SSSR count). The molecule has 7 nitrogen and oxygen atoms in total. The third-order valence-electron chi connectivity index (χ3n) is 4.57. The number of nitrogens with zero attached hydrogens (tertiary/aromatic N) is 4. The molecular formula is C19H23F2N5O2. The third-order valence-corrected chi connectivity index (χ3v) is 4.57. The molecular weight excluding hydrogens is 368 g/mol. The summed E-state index contributed by atoms with van der Waals surface area (Å²) in [5.74, 6) is -1.14. The van der Waals surface area contributed by atoms with Gasteiger partial charge in [0.05, 0.1) is 31.7 Å². The first-order chi connectivity index (χ1) is 13.3. The summed E-state index contributed by atoms with van der Waals surface area (Å²) in [7, 11) is 0. The van der Waals surface area contributed by atoms with Crippen molar-refractivity contribution in [3.05, 3.63) is 47.5 Å². The number of amides is 2. The number of aromatic nitrogens is 3. The van der Waals surface area contributed by atoms with Crippen molar-refractivity contribution in [2.75, 3.05) is 6.54 Å². The molecule has 1 N–H and O–H groups in total. The average Bonchev–Trinajstić information content (AvgIpc) is 3.23. The fourth-order valence-corrected chi connectivity index (χ4v) is 3.29. The minimum atomic E-state index is -1.15. The Labute approximate surface area is 161 Å². The zero-order valence-electron chi connectivity index (χ0n) is 15.8. The minimum absolute atomic E-state index is 0.0344. The van der Waals surface area contributed by atoms with Crippen LogP contribution >= 0.6 is 0 Å². The highest BCUT2D eigenvalue weighted by molar-refractivity contribution is 5.92. The van der Waals surface area contributed by atoms with E-state index in [2.05, 4.69) is 15.6 Å². The Bertz CT molecular complexity index is 854. The molecule has 2 aromatic rings. The molecule has 9 heteroatoms. The predicted octanol–water partition coefficient (Wildman–Crippen LogP) is 1.74. The van der Waals surface area contributed by atoms with Crippen LogP contribution in [0.4, 0.5) is 8.78 Å². The van der Waals surface area contributed by atoms with E-state index in [-0.39, 0.29) is 55.0 Å². The minimum Gasteiger partial charge on any atom is -0.348 e. The number of hydrogen-bond acceptors (Lipinski definition) is 4. The van der Waals surface area contributed by atoms with Crippen molar-refractivity contribution >= 4 is 11.8 Å². The van der Waals surface area contributed by atoms with Crippen LogP contribution in [0.3, 0.4) is 0 Å². The van der Waals surface area contributed by atoms with Gasteiger partial charge in [-0.3, -0.25) is 9.59 Å². The van der Waals surface area contributed by atoms with Gasteiger partial charge in [0.25, 0.3) is 5.91 Å². The molecule has 2 unspecified atom stereocenters. The molecule has 2 amide bonds. The molecule has 0 spiro atoms. The summed E-state index contributed by atoms with van der Waals surface area (Å²) < 4.78 is 29.3. The predicted molar refractivity (Wildman–Crippen MR) is 97.7 cm³/mol. The van der Waals surface area contributed by atoms with E-state index in [1.54, 1.807) is 18.2 Å². The quantitative estimate of drug-likeness (QED) is 0.813. The van der Waals surface area contributed by atoms with E-state index < -0.39 is 18.0 Å². The van der Waals surface area contributed by atoms with Gasteiger partial charge in [0.2, 0.25) is 5.91 Å². The van der Waals surface area contributed by atoms with E-state index in [1.807, 2.05) is 13.8 Å². The van der Waals surface area contributed by atoms with Crippen LogP contribution in [0.25, 0.3) is 0 Å². The van der Waals surface area contributed by atoms with Crippen LogP contribution in [0.5, 0.6) is 0 Å². The van der Waals surface area contributed by atoms with E-state index in [9.17, 15) is 18.4 Å². The molecule has 1 aliphatic rings. The van der Waals surface area contributed by atoms with Gasteiger partial charge >= 0.3 is 0 Å². The Balaban J connectivity index is 1.67. The SMILES string of the molecule is CC(C)NC(=O)c1cn(CC2CC(F)CN2C(=O)Cc2ccccc2F)nn1. The van der Waals surface area contributed by atoms with Gasteiger partial charge in [0.1, 0.15) is 12.0 Å². The zero-order valence-corrected chi connectivity index (χ0v) is 15.8. The number of carbonyl (C=O) groups is 2. The van der Waals surface area contributed by atoms with Crippen LogP contribution in [0.2, 0.25) is 0 Å². The molecule has 0 aliphatic carbocycles. The molecule has 28 heavy (non-hydrogen) atoms. The molecule has 0 bridgehead atoms. The molecule has 1 aromatic heterocycles. The maximum absolute atomic E-state index is 14.0. The van der Waals surface area contributed by atoms with Gasteiger partial charge in [-0.15, -0.1) is 5.10 Å². The molecule has 1 saturated heterocycles. The Morgan fingerprint density at radius 2 is 2.07 bits per heavy atom. The molecule has 0 saturated carbocycles. The first kappa shape index (κ1) is 19.9. The third kappa shape index (κ3) is 4.71. The van der Waals surface area contributed by atoms with Gasteiger partial charge in [-0.05, 0) is 25.5 Å². The lowest BCUT2D eigenvalue weighted by Crippen LogP contribution is -2.39. The highest BCUT2D eigenvalue weighted by Crippen LogP contribution is 2.23. The number of benzene rings is 1. The van der Waals surface area contributed by atoms with E-state index in [4.69, 9.17) is 0 Å². The fraction of sp³-hybridized carbons (Fsp3) is 0.474. The summed E-state index contributed by atoms with van der Waals surface area (Å²) in [6.07, 6.45) is 0.357. The van der Waals surface area contributed by atoms with Crippen LogP contribution in [0, 0.1) is 5.82 Å². The van der Waals surface area contributed by atoms with Gasteiger partial charge in [-0.25, -0.2) is 13.5 Å². The van der Waals surface area contributed by atoms with Gasteiger partial charge in [-0.2, -0.15) is 0 Å². The van der Waals surface area contributed by atoms with Crippen LogP contribution < -0.4 is 5.32 Å². The number of hydrogen-bond donors (Lipinski definition) is 1. The highest BCUT2D eigenvalue weighted by atomic mass is 19.1. The van der Waals surface area contributed by atoms with Gasteiger partial charge in [0, 0.05) is 12.5 Å². The van der Waals surface area contributed by atoms with Crippen LogP contribution in [0.1, 0.15) is 36.3 Å². The zero-order chi connectivity index (χ0) is 20.3. The Morgan fingerprint density at radius 1 is 1.32 bits per heavy atom. The summed E-state index contributed by atoms with van der Waals surface area (Å²) in [5.41, 5.74) is 0.440. The summed E-state index contributed by atoms with van der Waals surface area (Å²) >= 11 is 0. The molecule has 1 aromatic carbocycles. The van der Waals surface area contributed by atoms with Gasteiger partial charge in [-0.1, -0.05) is 23.4 Å². The highest BCUT2D eigenvalue weighted by Gasteiger charge is 2.36. The van der Waals surface area contributed by atoms with E-state index >= 15 is 0 Å². The fourth-order valence-electron chi connectivity index (χ4n) is 3.29. The number of alkyl halides is 1. The Hall–Kier alpha value is -2.84. The molecule has 1 aliphatic heterocycles. The van der Waals surface area contributed by atoms with Crippen molar-refractivity contribution in [1.29, 1.82) is 0 Å². The molecule has 2 atom stereocenters. The van der Waals surface area contributed by atoms with Crippen LogP contribution in [0.15, 0.2) is 30.5 Å². The second-order valence-electron chi connectivity index (χ2n) is 7.26. The van der Waals surface area contributed by atoms with E-state index in [0.29, 0.717) is 0 Å². The Kier molecular flexibility index (Phi) is 6.01. The molecule has 2 heterocycles. The van der Waals surface area contributed by atoms with Crippen molar-refractivity contribution in [3.8, 4) is 0 Å². The first-order valence-corrected chi connectivity index (χ1v) is 9.21. The lowest BCUT2D eigenvalue weighted by molar-refractivity contribution is -0.131. The van der Waals surface area contributed by atoms with E-state index in [0.717, 1.165) is 0 Å². The maximum Gasteiger partial charge on any atom is 0.273 e. The van der Waals surface area contributed by atoms with Crippen LogP contribution in [-0.2, 0) is 17.8 Å². The number of halogens is 2. The maximum atomic E-state index is 14.0. The standard InChI is InChI=1S/C19H23F2N5O2/c1-12(2)22-19(28)17-11-25(24-23-17)10-15-8-14(20)9-26(15)18(27)7-13-5-3-4-6-16(13)21/h3-6,11-12,14-15H,7-10H2,1-2H3,(H,22,28). The largest absolute Gasteiger partial charge is 0.348 e. The summed E-state index contributed by atoms with van der Waals surface area (Å²) in [5, 5.41) is 10.5. The average molecular weight is 391 g/mol. The van der Waals surface area contributed by atoms with Crippen molar-refractivity contribution < 1.29 is 18.4 Å². The lowest BCUT2D eigenvalue weighted by atomic mass is 10.1. The number of rotatable bonds is 6. The van der Waals surface area contributed by atoms with Gasteiger partial charge in [0.15, 0.2) is 5.69 Å². The molecule has 150 valence electrons. The lowest BCUT2D eigenvalue weighted by Gasteiger charge is -2.24. The second kappa shape index (κ2) is 8.45. The first-order valence-electron chi connectivity index (χ1n) is 9.21. The smallest absolute Gasteiger partial charge is 0.273 e. The normalized spacial score (nSPS) is 19.2. The van der Waals surface area contributed by atoms with Crippen LogP contribution in [-0.4, -0.2) is 56.5 Å². The topological polar surface area (TPSA) is 80.1 Å². The van der Waals surface area contributed by atoms with Gasteiger partial charge < -0.3 is 10.2 Å². The number of nitrogens with one attached hydrogen (secondary N) is 1. The number of likely N-dealkylation sites (tertiary alicyclic amines) is 1. The second-order valence-corrected chi connectivity index (χ2v) is 7.26. The summed E-state index contributed by atoms with van der Waals surface area (Å²) in [6, 6.07) is 5.58. The number of carbonyl (C=O) groups excluding carboxylic acids is 2. The van der Waals surface area contributed by atoms with Crippen molar-refractivity contribution in [1.82, 2.24) is 25.2 Å².